The third-order valence-electron chi connectivity index (χ3n) is 2.63. The van der Waals surface area contributed by atoms with Gasteiger partial charge in [0.05, 0.1) is 10.2 Å². The van der Waals surface area contributed by atoms with Crippen LogP contribution in [0.1, 0.15) is 6.92 Å². The van der Waals surface area contributed by atoms with Crippen LogP contribution in [0.25, 0.3) is 10.2 Å². The summed E-state index contributed by atoms with van der Waals surface area (Å²) in [7, 11) is -3.62. The van der Waals surface area contributed by atoms with Gasteiger partial charge in [0, 0.05) is 25.8 Å². The molecule has 0 bridgehead atoms. The Kier molecular flexibility index (Phi) is 5.10. The molecule has 0 radical (unpaired) electrons. The van der Waals surface area contributed by atoms with Crippen molar-refractivity contribution in [2.45, 2.75) is 11.8 Å². The quantitative estimate of drug-likeness (QED) is 0.686. The summed E-state index contributed by atoms with van der Waals surface area (Å²) in [6.07, 6.45) is 1.33. The highest BCUT2D eigenvalue weighted by Gasteiger charge is 2.15. The van der Waals surface area contributed by atoms with Crippen LogP contribution in [0.3, 0.4) is 0 Å². The average Bonchev–Trinajstić information content (AvgIpc) is 2.91. The van der Waals surface area contributed by atoms with Gasteiger partial charge in [-0.2, -0.15) is 0 Å². The number of amides is 2. The normalized spacial score (nSPS) is 11.5. The zero-order chi connectivity index (χ0) is 15.3. The van der Waals surface area contributed by atoms with E-state index in [2.05, 4.69) is 20.3 Å². The number of nitrogens with one attached hydrogen (secondary N) is 3. The summed E-state index contributed by atoms with van der Waals surface area (Å²) in [6, 6.07) is 3.10. The van der Waals surface area contributed by atoms with Gasteiger partial charge in [0.1, 0.15) is 4.90 Å². The van der Waals surface area contributed by atoms with Gasteiger partial charge in [0.15, 0.2) is 0 Å². The highest BCUT2D eigenvalue weighted by Crippen LogP contribution is 2.21. The molecule has 2 heterocycles. The summed E-state index contributed by atoms with van der Waals surface area (Å²) < 4.78 is 27.4. The molecule has 9 heteroatoms. The second kappa shape index (κ2) is 6.83. The topological polar surface area (TPSA) is 100 Å². The zero-order valence-electron chi connectivity index (χ0n) is 11.4. The van der Waals surface area contributed by atoms with Gasteiger partial charge in [-0.15, -0.1) is 11.3 Å². The number of hydrogen-bond donors (Lipinski definition) is 3. The molecule has 0 aliphatic carbocycles. The Balaban J connectivity index is 1.93. The molecule has 114 valence electrons. The van der Waals surface area contributed by atoms with E-state index in [1.807, 2.05) is 11.4 Å². The van der Waals surface area contributed by atoms with Crippen LogP contribution in [-0.2, 0) is 10.0 Å². The minimum Gasteiger partial charge on any atom is -0.338 e. The third-order valence-corrected chi connectivity index (χ3v) is 4.91. The maximum absolute atomic E-state index is 12.1. The molecule has 0 fully saturated rings. The van der Waals surface area contributed by atoms with E-state index in [9.17, 15) is 13.2 Å². The summed E-state index contributed by atoms with van der Waals surface area (Å²) in [4.78, 5) is 15.4. The smallest absolute Gasteiger partial charge is 0.314 e. The molecule has 2 amide bonds. The number of urea groups is 1. The van der Waals surface area contributed by atoms with Crippen molar-refractivity contribution in [2.24, 2.45) is 0 Å². The maximum atomic E-state index is 12.1. The van der Waals surface area contributed by atoms with Crippen LogP contribution < -0.4 is 15.4 Å². The van der Waals surface area contributed by atoms with Gasteiger partial charge in [-0.25, -0.2) is 17.9 Å². The largest absolute Gasteiger partial charge is 0.338 e. The molecule has 0 unspecified atom stereocenters. The van der Waals surface area contributed by atoms with Crippen molar-refractivity contribution in [2.75, 3.05) is 19.6 Å². The minimum atomic E-state index is -3.62. The standard InChI is InChI=1S/C12H16N4O3S2/c1-2-13-12(17)14-4-5-16-21(18,19)9-7-11-10(15-8-9)3-6-20-11/h3,6-8,16H,2,4-5H2,1H3,(H2,13,14,17). The molecular weight excluding hydrogens is 312 g/mol. The molecule has 0 aliphatic heterocycles. The second-order valence-electron chi connectivity index (χ2n) is 4.16. The summed E-state index contributed by atoms with van der Waals surface area (Å²) in [5.41, 5.74) is 0.775. The fourth-order valence-electron chi connectivity index (χ4n) is 1.64. The summed E-state index contributed by atoms with van der Waals surface area (Å²) in [5, 5.41) is 6.96. The first-order valence-electron chi connectivity index (χ1n) is 6.37. The molecule has 3 N–H and O–H groups in total. The van der Waals surface area contributed by atoms with E-state index in [1.165, 1.54) is 17.5 Å². The Morgan fingerprint density at radius 2 is 2.14 bits per heavy atom. The molecule has 0 saturated carbocycles. The first kappa shape index (κ1) is 15.7. The number of carbonyl (C=O) groups excluding carboxylic acids is 1. The predicted octanol–water partition coefficient (Wildman–Crippen LogP) is 0.894. The van der Waals surface area contributed by atoms with Gasteiger partial charge in [0.25, 0.3) is 0 Å². The molecule has 0 saturated heterocycles. The third kappa shape index (κ3) is 4.13. The zero-order valence-corrected chi connectivity index (χ0v) is 13.1. The molecule has 0 aromatic carbocycles. The van der Waals surface area contributed by atoms with Gasteiger partial charge in [-0.1, -0.05) is 0 Å². The van der Waals surface area contributed by atoms with Crippen LogP contribution in [0.2, 0.25) is 0 Å². The summed E-state index contributed by atoms with van der Waals surface area (Å²) >= 11 is 1.44. The lowest BCUT2D eigenvalue weighted by Gasteiger charge is -2.08. The SMILES string of the molecule is CCNC(=O)NCCNS(=O)(=O)c1cnc2ccsc2c1. The lowest BCUT2D eigenvalue weighted by Crippen LogP contribution is -2.40. The van der Waals surface area contributed by atoms with Crippen LogP contribution >= 0.6 is 11.3 Å². The number of nitrogens with zero attached hydrogens (tertiary/aromatic N) is 1. The lowest BCUT2D eigenvalue weighted by molar-refractivity contribution is 0.241. The molecule has 21 heavy (non-hydrogen) atoms. The van der Waals surface area contributed by atoms with Gasteiger partial charge < -0.3 is 10.6 Å². The first-order chi connectivity index (χ1) is 10.0. The minimum absolute atomic E-state index is 0.113. The number of sulfonamides is 1. The van der Waals surface area contributed by atoms with E-state index in [-0.39, 0.29) is 24.0 Å². The van der Waals surface area contributed by atoms with Crippen LogP contribution in [0, 0.1) is 0 Å². The monoisotopic (exact) mass is 328 g/mol. The Morgan fingerprint density at radius 1 is 1.33 bits per heavy atom. The number of aromatic nitrogens is 1. The van der Waals surface area contributed by atoms with Gasteiger partial charge >= 0.3 is 6.03 Å². The van der Waals surface area contributed by atoms with Crippen LogP contribution in [-0.4, -0.2) is 39.1 Å². The number of fused-ring (bicyclic) bond motifs is 1. The number of pyridine rings is 1. The molecule has 2 rings (SSSR count). The van der Waals surface area contributed by atoms with E-state index >= 15 is 0 Å². The molecule has 0 atom stereocenters. The average molecular weight is 328 g/mol. The Morgan fingerprint density at radius 3 is 2.90 bits per heavy atom. The van der Waals surface area contributed by atoms with E-state index in [4.69, 9.17) is 0 Å². The lowest BCUT2D eigenvalue weighted by atomic mass is 10.4. The van der Waals surface area contributed by atoms with E-state index < -0.39 is 10.0 Å². The number of rotatable bonds is 6. The van der Waals surface area contributed by atoms with Crippen molar-refractivity contribution in [3.8, 4) is 0 Å². The van der Waals surface area contributed by atoms with Crippen molar-refractivity contribution < 1.29 is 13.2 Å². The predicted molar refractivity (Wildman–Crippen MR) is 81.9 cm³/mol. The Labute approximate surface area is 126 Å². The summed E-state index contributed by atoms with van der Waals surface area (Å²) in [6.45, 7) is 2.64. The Bertz CT molecular complexity index is 727. The molecule has 2 aromatic rings. The molecule has 7 nitrogen and oxygen atoms in total. The van der Waals surface area contributed by atoms with Crippen molar-refractivity contribution >= 4 is 37.6 Å². The van der Waals surface area contributed by atoms with Crippen LogP contribution in [0.15, 0.2) is 28.6 Å². The highest BCUT2D eigenvalue weighted by atomic mass is 32.2. The number of hydrogen-bond acceptors (Lipinski definition) is 5. The molecule has 0 spiro atoms. The van der Waals surface area contributed by atoms with E-state index in [1.54, 1.807) is 13.0 Å². The molecule has 0 aliphatic rings. The fourth-order valence-corrected chi connectivity index (χ4v) is 3.50. The van der Waals surface area contributed by atoms with E-state index in [0.717, 1.165) is 10.2 Å². The summed E-state index contributed by atoms with van der Waals surface area (Å²) in [5.74, 6) is 0. The van der Waals surface area contributed by atoms with Gasteiger partial charge in [-0.3, -0.25) is 4.98 Å². The number of thiophene rings is 1. The second-order valence-corrected chi connectivity index (χ2v) is 6.87. The van der Waals surface area contributed by atoms with Gasteiger partial charge in [0.2, 0.25) is 10.0 Å². The van der Waals surface area contributed by atoms with Crippen molar-refractivity contribution in [1.82, 2.24) is 20.3 Å². The van der Waals surface area contributed by atoms with Crippen molar-refractivity contribution in [3.63, 3.8) is 0 Å². The molecule has 2 aromatic heterocycles. The number of carbonyl (C=O) groups is 1. The maximum Gasteiger partial charge on any atom is 0.314 e. The van der Waals surface area contributed by atoms with E-state index in [0.29, 0.717) is 6.54 Å². The highest BCUT2D eigenvalue weighted by molar-refractivity contribution is 7.89. The van der Waals surface area contributed by atoms with Crippen LogP contribution in [0.4, 0.5) is 4.79 Å². The van der Waals surface area contributed by atoms with Crippen LogP contribution in [0.5, 0.6) is 0 Å². The first-order valence-corrected chi connectivity index (χ1v) is 8.74. The van der Waals surface area contributed by atoms with Crippen molar-refractivity contribution in [1.29, 1.82) is 0 Å². The van der Waals surface area contributed by atoms with Crippen molar-refractivity contribution in [3.05, 3.63) is 23.7 Å². The molecular formula is C12H16N4O3S2. The Hall–Kier alpha value is -1.71. The fraction of sp³-hybridized carbons (Fsp3) is 0.333. The van der Waals surface area contributed by atoms with Gasteiger partial charge in [-0.05, 0) is 24.4 Å².